The summed E-state index contributed by atoms with van der Waals surface area (Å²) in [5.41, 5.74) is 5.56. The fourth-order valence-corrected chi connectivity index (χ4v) is 3.25. The molecule has 1 saturated heterocycles. The number of carbonyl (C=O) groups is 3. The molecule has 0 spiro atoms. The maximum Gasteiger partial charge on any atom is 0.534 e. The van der Waals surface area contributed by atoms with Crippen LogP contribution in [-0.2, 0) is 32.2 Å². The number of rotatable bonds is 3. The van der Waals surface area contributed by atoms with Gasteiger partial charge in [0, 0.05) is 12.8 Å². The Bertz CT molecular complexity index is 873. The topological polar surface area (TPSA) is 72.9 Å². The van der Waals surface area contributed by atoms with Gasteiger partial charge in [0.15, 0.2) is 0 Å². The van der Waals surface area contributed by atoms with E-state index in [1.54, 1.807) is 0 Å². The molecule has 0 atom stereocenters. The van der Waals surface area contributed by atoms with Crippen molar-refractivity contribution in [2.75, 3.05) is 0 Å². The number of imide groups is 1. The first-order chi connectivity index (χ1) is 12.1. The second kappa shape index (κ2) is 6.05. The lowest BCUT2D eigenvalue weighted by atomic mass is 10.0. The van der Waals surface area contributed by atoms with Crippen LogP contribution in [-0.4, -0.2) is 23.0 Å². The average molecular weight is 337 g/mol. The highest BCUT2D eigenvalue weighted by Gasteiger charge is 2.33. The Labute approximate surface area is 143 Å². The lowest BCUT2D eigenvalue weighted by Gasteiger charge is -2.13. The van der Waals surface area contributed by atoms with Crippen molar-refractivity contribution in [1.29, 1.82) is 0 Å². The summed E-state index contributed by atoms with van der Waals surface area (Å²) in [5, 5.41) is 0.480. The van der Waals surface area contributed by atoms with Gasteiger partial charge in [-0.25, -0.2) is 4.79 Å². The number of amides is 2. The molecule has 0 aromatic heterocycles. The van der Waals surface area contributed by atoms with Gasteiger partial charge in [0.05, 0.1) is 0 Å². The van der Waals surface area contributed by atoms with Gasteiger partial charge in [0.2, 0.25) is 0 Å². The van der Waals surface area contributed by atoms with E-state index in [4.69, 9.17) is 9.57 Å². The number of hydrogen-bond donors (Lipinski definition) is 0. The molecule has 1 aliphatic heterocycles. The van der Waals surface area contributed by atoms with Gasteiger partial charge in [-0.05, 0) is 34.2 Å². The van der Waals surface area contributed by atoms with Crippen LogP contribution in [0.3, 0.4) is 0 Å². The summed E-state index contributed by atoms with van der Waals surface area (Å²) in [5.74, 6) is -1.06. The lowest BCUT2D eigenvalue weighted by molar-refractivity contribution is -0.177. The van der Waals surface area contributed by atoms with Crippen LogP contribution < -0.4 is 0 Å². The molecule has 0 unspecified atom stereocenters. The highest BCUT2D eigenvalue weighted by atomic mass is 16.8. The molecule has 25 heavy (non-hydrogen) atoms. The molecule has 0 bridgehead atoms. The third-order valence-corrected chi connectivity index (χ3v) is 4.46. The molecule has 6 nitrogen and oxygen atoms in total. The molecule has 2 amide bonds. The van der Waals surface area contributed by atoms with E-state index in [1.807, 2.05) is 30.3 Å². The van der Waals surface area contributed by atoms with E-state index >= 15 is 0 Å². The van der Waals surface area contributed by atoms with Crippen LogP contribution in [0.5, 0.6) is 0 Å². The summed E-state index contributed by atoms with van der Waals surface area (Å²) < 4.78 is 5.10. The number of benzene rings is 2. The first-order valence-electron chi connectivity index (χ1n) is 8.03. The number of nitrogens with zero attached hydrogens (tertiary/aromatic N) is 1. The van der Waals surface area contributed by atoms with Crippen LogP contribution in [0.15, 0.2) is 42.5 Å². The Morgan fingerprint density at radius 3 is 2.48 bits per heavy atom. The van der Waals surface area contributed by atoms with Crippen molar-refractivity contribution in [3.05, 3.63) is 59.2 Å². The van der Waals surface area contributed by atoms with Crippen LogP contribution in [0.4, 0.5) is 4.79 Å². The van der Waals surface area contributed by atoms with Gasteiger partial charge in [-0.3, -0.25) is 14.4 Å². The monoisotopic (exact) mass is 337 g/mol. The normalized spacial score (nSPS) is 15.1. The maximum absolute atomic E-state index is 11.8. The summed E-state index contributed by atoms with van der Waals surface area (Å²) in [7, 11) is 0. The maximum atomic E-state index is 11.8. The number of hydrogen-bond acceptors (Lipinski definition) is 5. The first kappa shape index (κ1) is 15.4. The van der Waals surface area contributed by atoms with E-state index in [0.29, 0.717) is 5.06 Å². The number of carbonyl (C=O) groups excluding carboxylic acids is 3. The quantitative estimate of drug-likeness (QED) is 0.543. The van der Waals surface area contributed by atoms with E-state index in [0.717, 1.165) is 23.1 Å². The zero-order chi connectivity index (χ0) is 17.4. The van der Waals surface area contributed by atoms with Gasteiger partial charge >= 0.3 is 6.16 Å². The Kier molecular flexibility index (Phi) is 3.72. The summed E-state index contributed by atoms with van der Waals surface area (Å²) in [6.07, 6.45) is -0.173. The van der Waals surface area contributed by atoms with Gasteiger partial charge < -0.3 is 4.74 Å². The average Bonchev–Trinajstić information content (AvgIpc) is 3.15. The van der Waals surface area contributed by atoms with E-state index in [1.165, 1.54) is 11.1 Å². The van der Waals surface area contributed by atoms with Crippen molar-refractivity contribution < 1.29 is 24.0 Å². The SMILES string of the molecule is O=C(OCc1cccc2c1Cc1ccccc1-2)ON1C(=O)CCC1=O. The van der Waals surface area contributed by atoms with Crippen molar-refractivity contribution in [1.82, 2.24) is 5.06 Å². The van der Waals surface area contributed by atoms with Crippen LogP contribution in [0.1, 0.15) is 29.5 Å². The zero-order valence-electron chi connectivity index (χ0n) is 13.4. The minimum Gasteiger partial charge on any atom is -0.428 e. The van der Waals surface area contributed by atoms with Crippen LogP contribution in [0, 0.1) is 0 Å². The second-order valence-corrected chi connectivity index (χ2v) is 5.99. The van der Waals surface area contributed by atoms with Crippen LogP contribution >= 0.6 is 0 Å². The predicted octanol–water partition coefficient (Wildman–Crippen LogP) is 2.98. The predicted molar refractivity (Wildman–Crippen MR) is 87.0 cm³/mol. The second-order valence-electron chi connectivity index (χ2n) is 5.99. The number of hydroxylamine groups is 2. The van der Waals surface area contributed by atoms with E-state index in [9.17, 15) is 14.4 Å². The molecular formula is C19H15NO5. The largest absolute Gasteiger partial charge is 0.534 e. The molecule has 0 radical (unpaired) electrons. The number of ether oxygens (including phenoxy) is 1. The first-order valence-corrected chi connectivity index (χ1v) is 8.03. The summed E-state index contributed by atoms with van der Waals surface area (Å²) in [4.78, 5) is 39.4. The Morgan fingerprint density at radius 1 is 0.960 bits per heavy atom. The highest BCUT2D eigenvalue weighted by Crippen LogP contribution is 2.38. The van der Waals surface area contributed by atoms with Gasteiger partial charge in [-0.2, -0.15) is 0 Å². The Hall–Kier alpha value is -3.15. The van der Waals surface area contributed by atoms with E-state index < -0.39 is 18.0 Å². The minimum atomic E-state index is -1.06. The van der Waals surface area contributed by atoms with Gasteiger partial charge in [-0.1, -0.05) is 47.5 Å². The molecule has 0 saturated carbocycles. The molecule has 2 aliphatic rings. The Morgan fingerprint density at radius 2 is 1.68 bits per heavy atom. The van der Waals surface area contributed by atoms with E-state index in [-0.39, 0.29) is 19.4 Å². The standard InChI is InChI=1S/C19H15NO5/c21-17-8-9-18(22)20(17)25-19(23)24-11-13-5-3-7-15-14-6-2-1-4-12(14)10-16(13)15/h1-7H,8-11H2. The zero-order valence-corrected chi connectivity index (χ0v) is 13.4. The molecule has 2 aromatic carbocycles. The van der Waals surface area contributed by atoms with Gasteiger partial charge in [0.1, 0.15) is 6.61 Å². The summed E-state index contributed by atoms with van der Waals surface area (Å²) in [6.45, 7) is 0.0201. The third kappa shape index (κ3) is 2.76. The summed E-state index contributed by atoms with van der Waals surface area (Å²) in [6, 6.07) is 14.0. The van der Waals surface area contributed by atoms with Crippen molar-refractivity contribution in [2.24, 2.45) is 0 Å². The molecule has 2 aromatic rings. The number of fused-ring (bicyclic) bond motifs is 3. The van der Waals surface area contributed by atoms with Gasteiger partial charge in [-0.15, -0.1) is 0 Å². The highest BCUT2D eigenvalue weighted by molar-refractivity contribution is 6.01. The third-order valence-electron chi connectivity index (χ3n) is 4.46. The molecular weight excluding hydrogens is 322 g/mol. The van der Waals surface area contributed by atoms with Crippen molar-refractivity contribution >= 4 is 18.0 Å². The molecule has 4 rings (SSSR count). The fraction of sp³-hybridized carbons (Fsp3) is 0.211. The molecule has 1 aliphatic carbocycles. The lowest BCUT2D eigenvalue weighted by Crippen LogP contribution is -2.32. The molecule has 6 heteroatoms. The van der Waals surface area contributed by atoms with Crippen molar-refractivity contribution in [3.63, 3.8) is 0 Å². The van der Waals surface area contributed by atoms with Gasteiger partial charge in [0.25, 0.3) is 11.8 Å². The molecule has 1 heterocycles. The van der Waals surface area contributed by atoms with Crippen molar-refractivity contribution in [2.45, 2.75) is 25.9 Å². The smallest absolute Gasteiger partial charge is 0.428 e. The Balaban J connectivity index is 1.45. The van der Waals surface area contributed by atoms with Crippen LogP contribution in [0.2, 0.25) is 0 Å². The molecule has 1 fully saturated rings. The minimum absolute atomic E-state index is 0.0201. The van der Waals surface area contributed by atoms with Crippen LogP contribution in [0.25, 0.3) is 11.1 Å². The van der Waals surface area contributed by atoms with E-state index in [2.05, 4.69) is 12.1 Å². The fourth-order valence-electron chi connectivity index (χ4n) is 3.25. The summed E-state index contributed by atoms with van der Waals surface area (Å²) >= 11 is 0. The van der Waals surface area contributed by atoms with Crippen molar-refractivity contribution in [3.8, 4) is 11.1 Å². The molecule has 126 valence electrons. The molecule has 0 N–H and O–H groups in total.